The Morgan fingerprint density at radius 2 is 1.78 bits per heavy atom. The average molecular weight is 248 g/mol. The molecule has 18 heavy (non-hydrogen) atoms. The lowest BCUT2D eigenvalue weighted by Crippen LogP contribution is -2.32. The van der Waals surface area contributed by atoms with Crippen LogP contribution in [0.2, 0.25) is 0 Å². The highest BCUT2D eigenvalue weighted by Gasteiger charge is 2.11. The fourth-order valence-electron chi connectivity index (χ4n) is 1.96. The SMILES string of the molecule is C(=NN1CCOCC1)c1ccc2c(c1)OCCO2. The Kier molecular flexibility index (Phi) is 3.32. The van der Waals surface area contributed by atoms with Crippen molar-refractivity contribution in [1.82, 2.24) is 5.01 Å². The topological polar surface area (TPSA) is 43.3 Å². The molecular weight excluding hydrogens is 232 g/mol. The van der Waals surface area contributed by atoms with E-state index in [1.54, 1.807) is 0 Å². The molecule has 0 amide bonds. The van der Waals surface area contributed by atoms with Gasteiger partial charge in [0.05, 0.1) is 32.5 Å². The van der Waals surface area contributed by atoms with Crippen LogP contribution in [0.5, 0.6) is 11.5 Å². The second-order valence-electron chi connectivity index (χ2n) is 4.21. The van der Waals surface area contributed by atoms with Gasteiger partial charge >= 0.3 is 0 Å². The van der Waals surface area contributed by atoms with E-state index in [2.05, 4.69) is 5.10 Å². The summed E-state index contributed by atoms with van der Waals surface area (Å²) in [5.74, 6) is 1.61. The third-order valence-corrected chi connectivity index (χ3v) is 2.92. The summed E-state index contributed by atoms with van der Waals surface area (Å²) < 4.78 is 16.3. The molecule has 0 spiro atoms. The van der Waals surface area contributed by atoms with Crippen molar-refractivity contribution in [2.75, 3.05) is 39.5 Å². The molecule has 0 bridgehead atoms. The van der Waals surface area contributed by atoms with Crippen molar-refractivity contribution in [3.63, 3.8) is 0 Å². The van der Waals surface area contributed by atoms with Crippen LogP contribution in [0.1, 0.15) is 5.56 Å². The molecule has 1 saturated heterocycles. The Labute approximate surface area is 106 Å². The van der Waals surface area contributed by atoms with Gasteiger partial charge in [-0.3, -0.25) is 5.01 Å². The Morgan fingerprint density at radius 1 is 1.00 bits per heavy atom. The number of benzene rings is 1. The monoisotopic (exact) mass is 248 g/mol. The molecule has 2 aliphatic rings. The highest BCUT2D eigenvalue weighted by atomic mass is 16.6. The van der Waals surface area contributed by atoms with Crippen molar-refractivity contribution in [1.29, 1.82) is 0 Å². The second-order valence-corrected chi connectivity index (χ2v) is 4.21. The van der Waals surface area contributed by atoms with Gasteiger partial charge in [0.2, 0.25) is 0 Å². The van der Waals surface area contributed by atoms with Crippen molar-refractivity contribution in [2.24, 2.45) is 5.10 Å². The molecule has 0 N–H and O–H groups in total. The molecule has 5 heteroatoms. The summed E-state index contributed by atoms with van der Waals surface area (Å²) in [5.41, 5.74) is 1.02. The first-order chi connectivity index (χ1) is 8.92. The Hall–Kier alpha value is -1.75. The molecule has 0 atom stereocenters. The zero-order valence-electron chi connectivity index (χ0n) is 10.2. The lowest BCUT2D eigenvalue weighted by molar-refractivity contribution is 0.0397. The summed E-state index contributed by atoms with van der Waals surface area (Å²) in [6.45, 7) is 4.42. The highest BCUT2D eigenvalue weighted by molar-refractivity contribution is 5.80. The van der Waals surface area contributed by atoms with Gasteiger partial charge in [-0.25, -0.2) is 0 Å². The van der Waals surface area contributed by atoms with Crippen LogP contribution in [0.15, 0.2) is 23.3 Å². The van der Waals surface area contributed by atoms with Gasteiger partial charge in [-0.2, -0.15) is 5.10 Å². The van der Waals surface area contributed by atoms with Crippen molar-refractivity contribution in [2.45, 2.75) is 0 Å². The Morgan fingerprint density at radius 3 is 2.61 bits per heavy atom. The van der Waals surface area contributed by atoms with E-state index in [-0.39, 0.29) is 0 Å². The van der Waals surface area contributed by atoms with E-state index in [1.165, 1.54) is 0 Å². The quantitative estimate of drug-likeness (QED) is 0.736. The van der Waals surface area contributed by atoms with Crippen LogP contribution < -0.4 is 9.47 Å². The fraction of sp³-hybridized carbons (Fsp3) is 0.462. The largest absolute Gasteiger partial charge is 0.486 e. The first-order valence-electron chi connectivity index (χ1n) is 6.18. The maximum absolute atomic E-state index is 5.54. The molecule has 0 unspecified atom stereocenters. The number of hydrogen-bond donors (Lipinski definition) is 0. The third-order valence-electron chi connectivity index (χ3n) is 2.92. The maximum Gasteiger partial charge on any atom is 0.162 e. The first kappa shape index (κ1) is 11.3. The van der Waals surface area contributed by atoms with Gasteiger partial charge in [-0.15, -0.1) is 0 Å². The van der Waals surface area contributed by atoms with E-state index in [0.717, 1.165) is 43.4 Å². The molecule has 96 valence electrons. The standard InChI is InChI=1S/C13H16N2O3/c1-2-12-13(18-8-7-17-12)9-11(1)10-14-15-3-5-16-6-4-15/h1-2,9-10H,3-8H2. The van der Waals surface area contributed by atoms with Crippen LogP contribution in [0.4, 0.5) is 0 Å². The van der Waals surface area contributed by atoms with Crippen LogP contribution in [0.3, 0.4) is 0 Å². The molecule has 0 aliphatic carbocycles. The van der Waals surface area contributed by atoms with Crippen LogP contribution >= 0.6 is 0 Å². The number of ether oxygens (including phenoxy) is 3. The molecule has 0 saturated carbocycles. The number of rotatable bonds is 2. The number of hydrogen-bond acceptors (Lipinski definition) is 5. The van der Waals surface area contributed by atoms with Gasteiger partial charge in [0.1, 0.15) is 13.2 Å². The lowest BCUT2D eigenvalue weighted by atomic mass is 10.2. The normalized spacial score (nSPS) is 19.2. The predicted molar refractivity (Wildman–Crippen MR) is 67.4 cm³/mol. The van der Waals surface area contributed by atoms with Gasteiger partial charge < -0.3 is 14.2 Å². The van der Waals surface area contributed by atoms with Crippen molar-refractivity contribution in [3.8, 4) is 11.5 Å². The zero-order valence-corrected chi connectivity index (χ0v) is 10.2. The van der Waals surface area contributed by atoms with Crippen molar-refractivity contribution in [3.05, 3.63) is 23.8 Å². The minimum atomic E-state index is 0.608. The van der Waals surface area contributed by atoms with Gasteiger partial charge in [-0.1, -0.05) is 0 Å². The number of hydrazone groups is 1. The Balaban J connectivity index is 1.70. The fourth-order valence-corrected chi connectivity index (χ4v) is 1.96. The minimum Gasteiger partial charge on any atom is -0.486 e. The molecule has 2 heterocycles. The number of fused-ring (bicyclic) bond motifs is 1. The summed E-state index contributed by atoms with van der Waals surface area (Å²) in [5, 5.41) is 6.45. The van der Waals surface area contributed by atoms with Gasteiger partial charge in [-0.05, 0) is 23.8 Å². The molecule has 2 aliphatic heterocycles. The van der Waals surface area contributed by atoms with Gasteiger partial charge in [0, 0.05) is 0 Å². The van der Waals surface area contributed by atoms with E-state index >= 15 is 0 Å². The van der Waals surface area contributed by atoms with E-state index in [0.29, 0.717) is 13.2 Å². The summed E-state index contributed by atoms with van der Waals surface area (Å²) >= 11 is 0. The third kappa shape index (κ3) is 2.56. The smallest absolute Gasteiger partial charge is 0.162 e. The van der Waals surface area contributed by atoms with E-state index in [1.807, 2.05) is 29.4 Å². The molecule has 1 aromatic carbocycles. The molecule has 1 aromatic rings. The van der Waals surface area contributed by atoms with Crippen molar-refractivity contribution >= 4 is 6.21 Å². The summed E-state index contributed by atoms with van der Waals surface area (Å²) in [7, 11) is 0. The van der Waals surface area contributed by atoms with Gasteiger partial charge in [0.15, 0.2) is 11.5 Å². The minimum absolute atomic E-state index is 0.608. The number of nitrogens with zero attached hydrogens (tertiary/aromatic N) is 2. The molecule has 1 fully saturated rings. The lowest BCUT2D eigenvalue weighted by Gasteiger charge is -2.23. The average Bonchev–Trinajstić information content (AvgIpc) is 2.46. The molecular formula is C13H16N2O3. The zero-order chi connectivity index (χ0) is 12.2. The molecule has 0 aromatic heterocycles. The first-order valence-corrected chi connectivity index (χ1v) is 6.18. The number of morpholine rings is 1. The van der Waals surface area contributed by atoms with Crippen LogP contribution in [0, 0.1) is 0 Å². The van der Waals surface area contributed by atoms with Gasteiger partial charge in [0.25, 0.3) is 0 Å². The summed E-state index contributed by atoms with van der Waals surface area (Å²) in [6, 6.07) is 5.87. The Bertz CT molecular complexity index is 442. The predicted octanol–water partition coefficient (Wildman–Crippen LogP) is 1.12. The van der Waals surface area contributed by atoms with Crippen molar-refractivity contribution < 1.29 is 14.2 Å². The van der Waals surface area contributed by atoms with E-state index in [9.17, 15) is 0 Å². The van der Waals surface area contributed by atoms with Crippen LogP contribution in [0.25, 0.3) is 0 Å². The molecule has 5 nitrogen and oxygen atoms in total. The summed E-state index contributed by atoms with van der Waals surface area (Å²) in [6.07, 6.45) is 1.85. The van der Waals surface area contributed by atoms with Crippen LogP contribution in [-0.4, -0.2) is 50.7 Å². The summed E-state index contributed by atoms with van der Waals surface area (Å²) in [4.78, 5) is 0. The van der Waals surface area contributed by atoms with E-state index in [4.69, 9.17) is 14.2 Å². The highest BCUT2D eigenvalue weighted by Crippen LogP contribution is 2.30. The molecule has 0 radical (unpaired) electrons. The maximum atomic E-state index is 5.54. The second kappa shape index (κ2) is 5.27. The molecule has 3 rings (SSSR count). The van der Waals surface area contributed by atoms with E-state index < -0.39 is 0 Å². The van der Waals surface area contributed by atoms with Crippen LogP contribution in [-0.2, 0) is 4.74 Å².